The summed E-state index contributed by atoms with van der Waals surface area (Å²) in [4.78, 5) is 32.6. The molecule has 0 radical (unpaired) electrons. The van der Waals surface area contributed by atoms with Crippen molar-refractivity contribution in [2.24, 2.45) is 0 Å². The van der Waals surface area contributed by atoms with Gasteiger partial charge in [-0.1, -0.05) is 24.3 Å². The molecule has 0 spiro atoms. The number of benzene rings is 2. The van der Waals surface area contributed by atoms with Crippen LogP contribution in [-0.2, 0) is 13.1 Å². The highest BCUT2D eigenvalue weighted by atomic mass is 19.1. The monoisotopic (exact) mass is 467 g/mol. The maximum Gasteiger partial charge on any atom is 0.317 e. The number of hydrogen-bond acceptors (Lipinski definition) is 5. The van der Waals surface area contributed by atoms with Crippen LogP contribution in [0.1, 0.15) is 28.4 Å². The number of rotatable bonds is 6. The van der Waals surface area contributed by atoms with E-state index in [0.29, 0.717) is 44.0 Å². The van der Waals surface area contributed by atoms with E-state index in [0.717, 1.165) is 38.3 Å². The van der Waals surface area contributed by atoms with Gasteiger partial charge in [0, 0.05) is 71.0 Å². The van der Waals surface area contributed by atoms with Crippen molar-refractivity contribution in [3.8, 4) is 0 Å². The smallest absolute Gasteiger partial charge is 0.317 e. The van der Waals surface area contributed by atoms with Crippen LogP contribution in [0.2, 0.25) is 0 Å². The molecular formula is C26H34FN5O2. The molecule has 0 atom stereocenters. The van der Waals surface area contributed by atoms with Crippen LogP contribution >= 0.6 is 0 Å². The maximum absolute atomic E-state index is 14.4. The van der Waals surface area contributed by atoms with Gasteiger partial charge < -0.3 is 20.0 Å². The average Bonchev–Trinajstić information content (AvgIpc) is 2.85. The molecule has 0 bridgehead atoms. The quantitative estimate of drug-likeness (QED) is 0.662. The van der Waals surface area contributed by atoms with Crippen LogP contribution in [0.3, 0.4) is 0 Å². The van der Waals surface area contributed by atoms with E-state index in [1.807, 2.05) is 4.90 Å². The summed E-state index contributed by atoms with van der Waals surface area (Å²) in [5.74, 6) is -0.557. The zero-order chi connectivity index (χ0) is 24.1. The Bertz CT molecular complexity index is 997. The van der Waals surface area contributed by atoms with E-state index in [1.54, 1.807) is 17.0 Å². The zero-order valence-electron chi connectivity index (χ0n) is 20.1. The van der Waals surface area contributed by atoms with E-state index in [1.165, 1.54) is 18.6 Å². The van der Waals surface area contributed by atoms with Crippen LogP contribution in [0.5, 0.6) is 0 Å². The van der Waals surface area contributed by atoms with Gasteiger partial charge in [0.05, 0.1) is 5.69 Å². The first-order valence-electron chi connectivity index (χ1n) is 12.0. The molecule has 2 saturated heterocycles. The first kappa shape index (κ1) is 24.2. The molecule has 7 nitrogen and oxygen atoms in total. The van der Waals surface area contributed by atoms with Crippen molar-refractivity contribution in [1.82, 2.24) is 20.0 Å². The van der Waals surface area contributed by atoms with Gasteiger partial charge in [0.15, 0.2) is 5.78 Å². The van der Waals surface area contributed by atoms with Gasteiger partial charge in [0.1, 0.15) is 5.82 Å². The molecule has 0 aliphatic carbocycles. The highest BCUT2D eigenvalue weighted by molar-refractivity contribution is 5.94. The Hall–Kier alpha value is -2.97. The zero-order valence-corrected chi connectivity index (χ0v) is 20.1. The number of carbonyl (C=O) groups is 2. The van der Waals surface area contributed by atoms with Gasteiger partial charge in [-0.2, -0.15) is 0 Å². The number of ketones is 1. The summed E-state index contributed by atoms with van der Waals surface area (Å²) in [5, 5.41) is 3.00. The lowest BCUT2D eigenvalue weighted by Crippen LogP contribution is -2.51. The number of nitrogens with one attached hydrogen (secondary N) is 1. The van der Waals surface area contributed by atoms with Crippen molar-refractivity contribution in [2.45, 2.75) is 20.0 Å². The van der Waals surface area contributed by atoms with E-state index in [9.17, 15) is 14.0 Å². The fourth-order valence-electron chi connectivity index (χ4n) is 4.45. The number of carbonyl (C=O) groups excluding carboxylic acids is 2. The Balaban J connectivity index is 1.22. The molecule has 2 fully saturated rings. The molecule has 1 N–H and O–H groups in total. The predicted molar refractivity (Wildman–Crippen MR) is 132 cm³/mol. The minimum atomic E-state index is -0.401. The number of hydrogen-bond donors (Lipinski definition) is 1. The van der Waals surface area contributed by atoms with Crippen molar-refractivity contribution < 1.29 is 14.0 Å². The van der Waals surface area contributed by atoms with Crippen LogP contribution in [0, 0.1) is 5.82 Å². The summed E-state index contributed by atoms with van der Waals surface area (Å²) < 4.78 is 14.4. The lowest BCUT2D eigenvalue weighted by molar-refractivity contribution is 0.101. The lowest BCUT2D eigenvalue weighted by atomic mass is 10.1. The van der Waals surface area contributed by atoms with Gasteiger partial charge in [0.25, 0.3) is 0 Å². The molecule has 2 amide bonds. The summed E-state index contributed by atoms with van der Waals surface area (Å²) in [5.41, 5.74) is 3.20. The molecular weight excluding hydrogens is 433 g/mol. The minimum Gasteiger partial charge on any atom is -0.366 e. The number of urea groups is 1. The third kappa shape index (κ3) is 6.12. The molecule has 34 heavy (non-hydrogen) atoms. The highest BCUT2D eigenvalue weighted by Crippen LogP contribution is 2.22. The normalized spacial score (nSPS) is 17.6. The predicted octanol–water partition coefficient (Wildman–Crippen LogP) is 2.81. The summed E-state index contributed by atoms with van der Waals surface area (Å²) in [7, 11) is 2.16. The molecule has 182 valence electrons. The number of piperazine rings is 2. The summed E-state index contributed by atoms with van der Waals surface area (Å²) >= 11 is 0. The molecule has 0 aromatic heterocycles. The van der Waals surface area contributed by atoms with Crippen LogP contribution in [0.25, 0.3) is 0 Å². The Morgan fingerprint density at radius 2 is 1.53 bits per heavy atom. The second kappa shape index (κ2) is 11.0. The van der Waals surface area contributed by atoms with E-state index in [2.05, 4.69) is 46.4 Å². The summed E-state index contributed by atoms with van der Waals surface area (Å²) in [6.45, 7) is 9.41. The fourth-order valence-corrected chi connectivity index (χ4v) is 4.45. The third-order valence-electron chi connectivity index (χ3n) is 6.73. The van der Waals surface area contributed by atoms with E-state index >= 15 is 0 Å². The summed E-state index contributed by atoms with van der Waals surface area (Å²) in [6.07, 6.45) is 0. The molecule has 0 saturated carbocycles. The standard InChI is InChI=1S/C26H34FN5O2/c1-20(33)23-7-8-25(24(27)17-23)31-13-15-32(16-14-31)26(34)28-18-21-3-5-22(6-4-21)19-30-11-9-29(2)10-12-30/h3-8,17H,9-16,18-19H2,1-2H3,(H,28,34). The average molecular weight is 468 g/mol. The van der Waals surface area contributed by atoms with Gasteiger partial charge in [-0.15, -0.1) is 0 Å². The SMILES string of the molecule is CC(=O)c1ccc(N2CCN(C(=O)NCc3ccc(CN4CCN(C)CC4)cc3)CC2)c(F)c1. The molecule has 2 aliphatic rings. The van der Waals surface area contributed by atoms with Gasteiger partial charge >= 0.3 is 6.03 Å². The Morgan fingerprint density at radius 1 is 0.882 bits per heavy atom. The number of amides is 2. The van der Waals surface area contributed by atoms with Crippen molar-refractivity contribution in [3.63, 3.8) is 0 Å². The van der Waals surface area contributed by atoms with Gasteiger partial charge in [-0.3, -0.25) is 9.69 Å². The molecule has 2 heterocycles. The van der Waals surface area contributed by atoms with Crippen LogP contribution in [0.4, 0.5) is 14.9 Å². The Kier molecular flexibility index (Phi) is 7.80. The van der Waals surface area contributed by atoms with Crippen LogP contribution in [0.15, 0.2) is 42.5 Å². The molecule has 2 aromatic carbocycles. The van der Waals surface area contributed by atoms with Gasteiger partial charge in [-0.25, -0.2) is 9.18 Å². The van der Waals surface area contributed by atoms with E-state index in [4.69, 9.17) is 0 Å². The molecule has 2 aliphatic heterocycles. The van der Waals surface area contributed by atoms with Crippen molar-refractivity contribution in [2.75, 3.05) is 64.3 Å². The van der Waals surface area contributed by atoms with E-state index in [-0.39, 0.29) is 11.8 Å². The molecule has 2 aromatic rings. The molecule has 8 heteroatoms. The lowest BCUT2D eigenvalue weighted by Gasteiger charge is -2.36. The fraction of sp³-hybridized carbons (Fsp3) is 0.462. The number of anilines is 1. The number of nitrogens with zero attached hydrogens (tertiary/aromatic N) is 4. The minimum absolute atomic E-state index is 0.103. The van der Waals surface area contributed by atoms with Crippen molar-refractivity contribution in [3.05, 3.63) is 65.0 Å². The second-order valence-electron chi connectivity index (χ2n) is 9.25. The Labute approximate surface area is 201 Å². The number of likely N-dealkylation sites (N-methyl/N-ethyl adjacent to an activating group) is 1. The topological polar surface area (TPSA) is 59.1 Å². The second-order valence-corrected chi connectivity index (χ2v) is 9.25. The van der Waals surface area contributed by atoms with Crippen molar-refractivity contribution in [1.29, 1.82) is 0 Å². The first-order chi connectivity index (χ1) is 16.4. The maximum atomic E-state index is 14.4. The van der Waals surface area contributed by atoms with Crippen LogP contribution < -0.4 is 10.2 Å². The molecule has 4 rings (SSSR count). The highest BCUT2D eigenvalue weighted by Gasteiger charge is 2.23. The number of Topliss-reactive ketones (excluding diaryl/α,β-unsaturated/α-hetero) is 1. The third-order valence-corrected chi connectivity index (χ3v) is 6.73. The Morgan fingerprint density at radius 3 is 2.15 bits per heavy atom. The summed E-state index contributed by atoms with van der Waals surface area (Å²) in [6, 6.07) is 12.9. The van der Waals surface area contributed by atoms with E-state index < -0.39 is 5.82 Å². The van der Waals surface area contributed by atoms with Gasteiger partial charge in [0.2, 0.25) is 0 Å². The first-order valence-corrected chi connectivity index (χ1v) is 12.0. The van der Waals surface area contributed by atoms with Crippen molar-refractivity contribution >= 4 is 17.5 Å². The number of halogens is 1. The van der Waals surface area contributed by atoms with Gasteiger partial charge in [-0.05, 0) is 43.3 Å². The molecule has 0 unspecified atom stereocenters. The van der Waals surface area contributed by atoms with Crippen LogP contribution in [-0.4, -0.2) is 85.9 Å². The largest absolute Gasteiger partial charge is 0.366 e.